The predicted molar refractivity (Wildman–Crippen MR) is 151 cm³/mol. The maximum absolute atomic E-state index is 13.5. The average Bonchev–Trinajstić information content (AvgIpc) is 3.45. The number of hydrogen-bond donors (Lipinski definition) is 0. The minimum absolute atomic E-state index is 0.000119. The van der Waals surface area contributed by atoms with E-state index in [2.05, 4.69) is 6.92 Å². The first kappa shape index (κ1) is 29.3. The highest BCUT2D eigenvalue weighted by molar-refractivity contribution is 7.09. The van der Waals surface area contributed by atoms with Gasteiger partial charge in [0.05, 0.1) is 27.3 Å². The van der Waals surface area contributed by atoms with Crippen molar-refractivity contribution in [2.24, 2.45) is 0 Å². The molecule has 0 radical (unpaired) electrons. The highest BCUT2D eigenvalue weighted by atomic mass is 35.5. The molecule has 0 fully saturated rings. The van der Waals surface area contributed by atoms with Crippen LogP contribution in [0.3, 0.4) is 0 Å². The minimum atomic E-state index is -0.224. The number of methoxy groups -OCH3 is 2. The summed E-state index contributed by atoms with van der Waals surface area (Å²) in [6.07, 6.45) is 2.35. The molecule has 0 saturated carbocycles. The molecule has 2 aromatic carbocycles. The van der Waals surface area contributed by atoms with E-state index in [1.165, 1.54) is 0 Å². The average molecular weight is 559 g/mol. The van der Waals surface area contributed by atoms with E-state index in [1.807, 2.05) is 40.6 Å². The summed E-state index contributed by atoms with van der Waals surface area (Å²) in [6.45, 7) is 3.40. The summed E-state index contributed by atoms with van der Waals surface area (Å²) < 4.78 is 16.4. The van der Waals surface area contributed by atoms with Gasteiger partial charge < -0.3 is 24.0 Å². The van der Waals surface area contributed by atoms with Crippen molar-refractivity contribution < 1.29 is 23.8 Å². The third-order valence-corrected chi connectivity index (χ3v) is 7.15. The second-order valence-electron chi connectivity index (χ2n) is 8.75. The summed E-state index contributed by atoms with van der Waals surface area (Å²) in [4.78, 5) is 31.1. The molecule has 0 unspecified atom stereocenters. The first-order valence-electron chi connectivity index (χ1n) is 12.6. The summed E-state index contributed by atoms with van der Waals surface area (Å²) in [5, 5.41) is 2.59. The summed E-state index contributed by atoms with van der Waals surface area (Å²) in [7, 11) is 3.21. The second kappa shape index (κ2) is 15.2. The fourth-order valence-electron chi connectivity index (χ4n) is 3.85. The van der Waals surface area contributed by atoms with Crippen LogP contribution in [-0.2, 0) is 22.6 Å². The Labute approximate surface area is 233 Å². The molecule has 0 spiro atoms. The Kier molecular flexibility index (Phi) is 11.8. The molecule has 204 valence electrons. The number of hydrogen-bond acceptors (Lipinski definition) is 6. The topological polar surface area (TPSA) is 68.3 Å². The number of carbonyl (C=O) groups excluding carboxylic acids is 2. The van der Waals surface area contributed by atoms with Crippen molar-refractivity contribution >= 4 is 34.8 Å². The van der Waals surface area contributed by atoms with Crippen LogP contribution in [0.4, 0.5) is 0 Å². The van der Waals surface area contributed by atoms with Gasteiger partial charge in [-0.1, -0.05) is 37.1 Å². The SMILES string of the molecule is CCCCN(CC(=O)N(CCc1ccc(OC)c(OC)c1)Cc1cccs1)C(=O)COc1ccc(Cl)cc1. The lowest BCUT2D eigenvalue weighted by Crippen LogP contribution is -2.45. The van der Waals surface area contributed by atoms with Gasteiger partial charge >= 0.3 is 0 Å². The van der Waals surface area contributed by atoms with Gasteiger partial charge in [-0.15, -0.1) is 11.3 Å². The molecule has 9 heteroatoms. The number of unbranched alkanes of at least 4 members (excludes halogenated alkanes) is 1. The molecule has 3 rings (SSSR count). The van der Waals surface area contributed by atoms with Crippen LogP contribution in [0.1, 0.15) is 30.2 Å². The molecule has 0 bridgehead atoms. The van der Waals surface area contributed by atoms with E-state index in [0.717, 1.165) is 23.3 Å². The molecule has 0 N–H and O–H groups in total. The molecule has 3 aromatic rings. The van der Waals surface area contributed by atoms with Crippen LogP contribution in [0.5, 0.6) is 17.2 Å². The summed E-state index contributed by atoms with van der Waals surface area (Å²) in [5.74, 6) is 1.54. The molecule has 0 aliphatic carbocycles. The van der Waals surface area contributed by atoms with Crippen molar-refractivity contribution in [1.82, 2.24) is 9.80 Å². The fourth-order valence-corrected chi connectivity index (χ4v) is 4.70. The van der Waals surface area contributed by atoms with Gasteiger partial charge in [-0.05, 0) is 66.2 Å². The second-order valence-corrected chi connectivity index (χ2v) is 10.2. The predicted octanol–water partition coefficient (Wildman–Crippen LogP) is 5.70. The van der Waals surface area contributed by atoms with Crippen molar-refractivity contribution in [3.63, 3.8) is 0 Å². The molecular formula is C29H35ClN2O5S. The van der Waals surface area contributed by atoms with E-state index in [9.17, 15) is 9.59 Å². The highest BCUT2D eigenvalue weighted by Gasteiger charge is 2.22. The summed E-state index contributed by atoms with van der Waals surface area (Å²) in [6, 6.07) is 16.6. The van der Waals surface area contributed by atoms with E-state index in [0.29, 0.717) is 48.3 Å². The Balaban J connectivity index is 1.69. The molecule has 2 amide bonds. The maximum atomic E-state index is 13.5. The van der Waals surface area contributed by atoms with Gasteiger partial charge in [-0.3, -0.25) is 9.59 Å². The Morgan fingerprint density at radius 1 is 0.921 bits per heavy atom. The van der Waals surface area contributed by atoms with E-state index in [4.69, 9.17) is 25.8 Å². The number of rotatable bonds is 15. The number of benzene rings is 2. The van der Waals surface area contributed by atoms with Crippen LogP contribution >= 0.6 is 22.9 Å². The molecule has 1 aromatic heterocycles. The molecular weight excluding hydrogens is 524 g/mol. The number of nitrogens with zero attached hydrogens (tertiary/aromatic N) is 2. The quantitative estimate of drug-likeness (QED) is 0.239. The zero-order valence-electron chi connectivity index (χ0n) is 22.2. The third-order valence-electron chi connectivity index (χ3n) is 6.03. The lowest BCUT2D eigenvalue weighted by atomic mass is 10.1. The molecule has 1 heterocycles. The van der Waals surface area contributed by atoms with Crippen molar-refractivity contribution in [2.75, 3.05) is 40.5 Å². The zero-order chi connectivity index (χ0) is 27.3. The normalized spacial score (nSPS) is 10.6. The van der Waals surface area contributed by atoms with Gasteiger partial charge in [0.2, 0.25) is 5.91 Å². The third kappa shape index (κ3) is 8.96. The van der Waals surface area contributed by atoms with E-state index in [1.54, 1.807) is 54.7 Å². The Morgan fingerprint density at radius 3 is 2.34 bits per heavy atom. The Bertz CT molecular complexity index is 1150. The molecule has 0 saturated heterocycles. The van der Waals surface area contributed by atoms with Gasteiger partial charge in [-0.25, -0.2) is 0 Å². The van der Waals surface area contributed by atoms with Crippen LogP contribution in [0, 0.1) is 0 Å². The number of carbonyl (C=O) groups is 2. The Hall–Kier alpha value is -3.23. The summed E-state index contributed by atoms with van der Waals surface area (Å²) in [5.41, 5.74) is 1.03. The van der Waals surface area contributed by atoms with Crippen LogP contribution in [0.25, 0.3) is 0 Å². The molecule has 7 nitrogen and oxygen atoms in total. The van der Waals surface area contributed by atoms with E-state index < -0.39 is 0 Å². The van der Waals surface area contributed by atoms with Crippen LogP contribution in [0.2, 0.25) is 5.02 Å². The fraction of sp³-hybridized carbons (Fsp3) is 0.379. The van der Waals surface area contributed by atoms with Gasteiger partial charge in [-0.2, -0.15) is 0 Å². The molecule has 0 atom stereocenters. The molecule has 0 aliphatic heterocycles. The van der Waals surface area contributed by atoms with Crippen LogP contribution in [-0.4, -0.2) is 62.1 Å². The zero-order valence-corrected chi connectivity index (χ0v) is 23.7. The maximum Gasteiger partial charge on any atom is 0.260 e. The summed E-state index contributed by atoms with van der Waals surface area (Å²) >= 11 is 7.54. The van der Waals surface area contributed by atoms with Gasteiger partial charge in [0.25, 0.3) is 5.91 Å². The number of ether oxygens (including phenoxy) is 3. The van der Waals surface area contributed by atoms with Crippen molar-refractivity contribution in [3.05, 3.63) is 75.4 Å². The Morgan fingerprint density at radius 2 is 1.68 bits per heavy atom. The monoisotopic (exact) mass is 558 g/mol. The smallest absolute Gasteiger partial charge is 0.260 e. The van der Waals surface area contributed by atoms with E-state index in [-0.39, 0.29) is 25.0 Å². The lowest BCUT2D eigenvalue weighted by Gasteiger charge is -2.28. The first-order chi connectivity index (χ1) is 18.4. The first-order valence-corrected chi connectivity index (χ1v) is 13.9. The number of amides is 2. The van der Waals surface area contributed by atoms with Crippen molar-refractivity contribution in [3.8, 4) is 17.2 Å². The molecule has 0 aliphatic rings. The number of halogens is 1. The van der Waals surface area contributed by atoms with Gasteiger partial charge in [0, 0.05) is 23.0 Å². The highest BCUT2D eigenvalue weighted by Crippen LogP contribution is 2.28. The number of thiophene rings is 1. The minimum Gasteiger partial charge on any atom is -0.493 e. The van der Waals surface area contributed by atoms with Gasteiger partial charge in [0.15, 0.2) is 18.1 Å². The lowest BCUT2D eigenvalue weighted by molar-refractivity contribution is -0.142. The van der Waals surface area contributed by atoms with Crippen LogP contribution in [0.15, 0.2) is 60.0 Å². The van der Waals surface area contributed by atoms with Crippen molar-refractivity contribution in [2.45, 2.75) is 32.7 Å². The largest absolute Gasteiger partial charge is 0.493 e. The van der Waals surface area contributed by atoms with Crippen LogP contribution < -0.4 is 14.2 Å². The van der Waals surface area contributed by atoms with Gasteiger partial charge in [0.1, 0.15) is 5.75 Å². The van der Waals surface area contributed by atoms with Crippen molar-refractivity contribution in [1.29, 1.82) is 0 Å². The standard InChI is InChI=1S/C29H35ClN2O5S/c1-4-5-15-31(29(34)21-37-24-11-9-23(30)10-12-24)20-28(33)32(19-25-7-6-17-38-25)16-14-22-8-13-26(35-2)27(18-22)36-3/h6-13,17-18H,4-5,14-16,19-21H2,1-3H3. The van der Waals surface area contributed by atoms with E-state index >= 15 is 0 Å². The molecule has 38 heavy (non-hydrogen) atoms.